The Balaban J connectivity index is 1.40. The molecular weight excluding hydrogens is 384 g/mol. The number of guanidine groups is 1. The largest absolute Gasteiger partial charge is 0.331 e. The molecule has 2 aromatic heterocycles. The number of imidazole rings is 1. The van der Waals surface area contributed by atoms with Crippen molar-refractivity contribution in [2.75, 3.05) is 51.5 Å². The van der Waals surface area contributed by atoms with Crippen LogP contribution in [0.15, 0.2) is 46.8 Å². The lowest BCUT2D eigenvalue weighted by Gasteiger charge is -2.46. The highest BCUT2D eigenvalue weighted by molar-refractivity contribution is 7.10. The van der Waals surface area contributed by atoms with Gasteiger partial charge in [-0.25, -0.2) is 20.0 Å². The molecule has 1 aromatic carbocycles. The van der Waals surface area contributed by atoms with Gasteiger partial charge in [-0.2, -0.15) is 0 Å². The molecule has 29 heavy (non-hydrogen) atoms. The minimum atomic E-state index is 0.0163. The van der Waals surface area contributed by atoms with E-state index in [1.165, 1.54) is 4.88 Å². The van der Waals surface area contributed by atoms with Crippen LogP contribution >= 0.6 is 11.3 Å². The van der Waals surface area contributed by atoms with Gasteiger partial charge in [0.25, 0.3) is 0 Å². The number of aliphatic imine (C=N–C) groups is 1. The molecule has 1 N–H and O–H groups in total. The summed E-state index contributed by atoms with van der Waals surface area (Å²) in [6.07, 6.45) is 0.0163. The molecule has 5 heterocycles. The lowest BCUT2D eigenvalue weighted by Crippen LogP contribution is -2.62. The zero-order chi connectivity index (χ0) is 19.4. The van der Waals surface area contributed by atoms with Crippen LogP contribution in [0.2, 0.25) is 0 Å². The molecule has 150 valence electrons. The topological polar surface area (TPSA) is 55.2 Å². The standard InChI is InChI=1S/C20H24N8S/c1-24-8-10-25(11-9-24)26-13-21-19-23-18(17-7-4-12-29-17)28-16-6-3-2-5-15(16)22-20(28)27(19)14-26/h2-7,12,18H,8-11,13-14H2,1H3,(H,21,23)/t18-/m0/s1. The number of aromatic nitrogens is 2. The summed E-state index contributed by atoms with van der Waals surface area (Å²) in [6, 6.07) is 12.7. The molecule has 0 spiro atoms. The van der Waals surface area contributed by atoms with Gasteiger partial charge in [0.1, 0.15) is 12.8 Å². The molecule has 0 aliphatic carbocycles. The van der Waals surface area contributed by atoms with Crippen molar-refractivity contribution < 1.29 is 0 Å². The van der Waals surface area contributed by atoms with Crippen LogP contribution in [0.5, 0.6) is 0 Å². The van der Waals surface area contributed by atoms with E-state index in [1.54, 1.807) is 11.3 Å². The molecule has 3 aliphatic rings. The van der Waals surface area contributed by atoms with Crippen molar-refractivity contribution >= 4 is 34.3 Å². The van der Waals surface area contributed by atoms with Crippen molar-refractivity contribution in [2.24, 2.45) is 4.99 Å². The minimum Gasteiger partial charge on any atom is -0.331 e. The number of likely N-dealkylation sites (N-methyl/N-ethyl adjacent to an activating group) is 1. The highest BCUT2D eigenvalue weighted by Crippen LogP contribution is 2.35. The molecule has 9 heteroatoms. The Morgan fingerprint density at radius 3 is 2.72 bits per heavy atom. The lowest BCUT2D eigenvalue weighted by atomic mass is 10.3. The van der Waals surface area contributed by atoms with Crippen LogP contribution in [-0.2, 0) is 0 Å². The number of anilines is 1. The van der Waals surface area contributed by atoms with Gasteiger partial charge in [0.05, 0.1) is 17.7 Å². The number of piperazine rings is 1. The Morgan fingerprint density at radius 2 is 1.90 bits per heavy atom. The van der Waals surface area contributed by atoms with Crippen LogP contribution in [0.3, 0.4) is 0 Å². The summed E-state index contributed by atoms with van der Waals surface area (Å²) in [5.74, 6) is 1.87. The fourth-order valence-electron chi connectivity index (χ4n) is 4.36. The number of benzene rings is 1. The molecule has 6 rings (SSSR count). The van der Waals surface area contributed by atoms with E-state index >= 15 is 0 Å². The van der Waals surface area contributed by atoms with Crippen molar-refractivity contribution in [1.82, 2.24) is 29.8 Å². The molecule has 0 saturated carbocycles. The summed E-state index contributed by atoms with van der Waals surface area (Å²) in [7, 11) is 2.19. The summed E-state index contributed by atoms with van der Waals surface area (Å²) in [5, 5.41) is 10.6. The van der Waals surface area contributed by atoms with E-state index in [-0.39, 0.29) is 6.17 Å². The van der Waals surface area contributed by atoms with Crippen molar-refractivity contribution in [3.63, 3.8) is 0 Å². The maximum atomic E-state index is 5.01. The second-order valence-electron chi connectivity index (χ2n) is 7.79. The summed E-state index contributed by atoms with van der Waals surface area (Å²) < 4.78 is 2.31. The number of hydrazine groups is 1. The van der Waals surface area contributed by atoms with E-state index in [0.717, 1.165) is 55.8 Å². The lowest BCUT2D eigenvalue weighted by molar-refractivity contribution is -0.0528. The van der Waals surface area contributed by atoms with Crippen LogP contribution in [0.1, 0.15) is 11.0 Å². The number of hydrogen-bond acceptors (Lipinski definition) is 8. The Labute approximate surface area is 173 Å². The molecule has 1 atom stereocenters. The average Bonchev–Trinajstić information content (AvgIpc) is 3.42. The van der Waals surface area contributed by atoms with Crippen LogP contribution in [-0.4, -0.2) is 77.0 Å². The zero-order valence-electron chi connectivity index (χ0n) is 16.4. The number of thiophene rings is 1. The maximum absolute atomic E-state index is 5.01. The zero-order valence-corrected chi connectivity index (χ0v) is 17.2. The first kappa shape index (κ1) is 17.4. The molecule has 8 nitrogen and oxygen atoms in total. The van der Waals surface area contributed by atoms with Gasteiger partial charge in [0, 0.05) is 31.1 Å². The first-order chi connectivity index (χ1) is 14.3. The van der Waals surface area contributed by atoms with E-state index in [4.69, 9.17) is 9.98 Å². The van der Waals surface area contributed by atoms with Gasteiger partial charge in [0.15, 0.2) is 0 Å². The van der Waals surface area contributed by atoms with Gasteiger partial charge in [-0.1, -0.05) is 18.2 Å². The van der Waals surface area contributed by atoms with E-state index in [0.29, 0.717) is 6.67 Å². The van der Waals surface area contributed by atoms with Gasteiger partial charge in [-0.3, -0.25) is 9.47 Å². The van der Waals surface area contributed by atoms with E-state index in [1.807, 2.05) is 0 Å². The van der Waals surface area contributed by atoms with Gasteiger partial charge in [0.2, 0.25) is 11.9 Å². The first-order valence-electron chi connectivity index (χ1n) is 10.1. The Kier molecular flexibility index (Phi) is 4.08. The third-order valence-electron chi connectivity index (χ3n) is 5.98. The average molecular weight is 409 g/mol. The SMILES string of the molecule is CN1CCN(N2CN=C3N[C@H](c4cccs4)n4c(nc5ccccc54)N3C2)CC1. The Hall–Kier alpha value is -2.46. The summed E-state index contributed by atoms with van der Waals surface area (Å²) in [6.45, 7) is 5.69. The number of nitrogens with zero attached hydrogens (tertiary/aromatic N) is 7. The Bertz CT molecular complexity index is 1050. The second kappa shape index (κ2) is 6.81. The van der Waals surface area contributed by atoms with Crippen molar-refractivity contribution in [3.8, 4) is 0 Å². The summed E-state index contributed by atoms with van der Waals surface area (Å²) in [5.41, 5.74) is 2.16. The van der Waals surface area contributed by atoms with Gasteiger partial charge in [-0.05, 0) is 30.6 Å². The third kappa shape index (κ3) is 2.84. The number of nitrogens with one attached hydrogen (secondary N) is 1. The van der Waals surface area contributed by atoms with Crippen LogP contribution < -0.4 is 10.2 Å². The molecule has 0 bridgehead atoms. The van der Waals surface area contributed by atoms with E-state index in [2.05, 4.69) is 78.5 Å². The fourth-order valence-corrected chi connectivity index (χ4v) is 5.12. The number of hydrogen-bond donors (Lipinski definition) is 1. The number of fused-ring (bicyclic) bond motifs is 5. The minimum absolute atomic E-state index is 0.0163. The van der Waals surface area contributed by atoms with Crippen LogP contribution in [0.25, 0.3) is 11.0 Å². The third-order valence-corrected chi connectivity index (χ3v) is 6.90. The van der Waals surface area contributed by atoms with Gasteiger partial charge < -0.3 is 10.2 Å². The van der Waals surface area contributed by atoms with Gasteiger partial charge in [-0.15, -0.1) is 11.3 Å². The number of para-hydroxylation sites is 2. The quantitative estimate of drug-likeness (QED) is 0.698. The molecule has 1 saturated heterocycles. The van der Waals surface area contributed by atoms with Crippen LogP contribution in [0.4, 0.5) is 5.95 Å². The van der Waals surface area contributed by atoms with E-state index in [9.17, 15) is 0 Å². The summed E-state index contributed by atoms with van der Waals surface area (Å²) in [4.78, 5) is 15.8. The summed E-state index contributed by atoms with van der Waals surface area (Å²) >= 11 is 1.76. The van der Waals surface area contributed by atoms with Gasteiger partial charge >= 0.3 is 0 Å². The second-order valence-corrected chi connectivity index (χ2v) is 8.77. The van der Waals surface area contributed by atoms with Crippen LogP contribution in [0, 0.1) is 0 Å². The molecule has 0 amide bonds. The highest BCUT2D eigenvalue weighted by atomic mass is 32.1. The number of rotatable bonds is 2. The molecule has 0 unspecified atom stereocenters. The molecular formula is C20H24N8S. The fraction of sp³-hybridized carbons (Fsp3) is 0.400. The Morgan fingerprint density at radius 1 is 1.03 bits per heavy atom. The normalized spacial score (nSPS) is 23.6. The molecule has 3 aromatic rings. The van der Waals surface area contributed by atoms with Crippen molar-refractivity contribution in [2.45, 2.75) is 6.17 Å². The maximum Gasteiger partial charge on any atom is 0.216 e. The molecule has 1 fully saturated rings. The van der Waals surface area contributed by atoms with Crippen molar-refractivity contribution in [1.29, 1.82) is 0 Å². The smallest absolute Gasteiger partial charge is 0.216 e. The van der Waals surface area contributed by atoms with Crippen molar-refractivity contribution in [3.05, 3.63) is 46.7 Å². The predicted octanol–water partition coefficient (Wildman–Crippen LogP) is 1.80. The monoisotopic (exact) mass is 408 g/mol. The van der Waals surface area contributed by atoms with E-state index < -0.39 is 0 Å². The predicted molar refractivity (Wildman–Crippen MR) is 116 cm³/mol. The highest BCUT2D eigenvalue weighted by Gasteiger charge is 2.37. The molecule has 0 radical (unpaired) electrons. The first-order valence-corrected chi connectivity index (χ1v) is 10.9. The molecule has 3 aliphatic heterocycles.